The molecule has 104 valence electrons. The summed E-state index contributed by atoms with van der Waals surface area (Å²) in [6, 6.07) is 10.2. The molecular formula is C17H19NO2. The van der Waals surface area contributed by atoms with Crippen molar-refractivity contribution in [3.05, 3.63) is 41.0 Å². The first-order chi connectivity index (χ1) is 9.71. The fourth-order valence-corrected chi connectivity index (χ4v) is 2.34. The molecule has 1 fully saturated rings. The third kappa shape index (κ3) is 3.08. The number of ether oxygens (including phenoxy) is 1. The van der Waals surface area contributed by atoms with Crippen molar-refractivity contribution in [2.24, 2.45) is 0 Å². The Kier molecular flexibility index (Phi) is 4.57. The Morgan fingerprint density at radius 2 is 1.95 bits per heavy atom. The normalized spacial score (nSPS) is 15.2. The molecule has 0 aromatic heterocycles. The van der Waals surface area contributed by atoms with E-state index in [-0.39, 0.29) is 12.2 Å². The van der Waals surface area contributed by atoms with Gasteiger partial charge >= 0.3 is 5.97 Å². The van der Waals surface area contributed by atoms with Crippen molar-refractivity contribution in [2.45, 2.75) is 39.0 Å². The number of esters is 1. The molecule has 0 unspecified atom stereocenters. The number of nitrogens with zero attached hydrogens (tertiary/aromatic N) is 1. The van der Waals surface area contributed by atoms with Gasteiger partial charge in [-0.05, 0) is 48.8 Å². The number of hydrogen-bond donors (Lipinski definition) is 0. The fourth-order valence-electron chi connectivity index (χ4n) is 2.34. The first-order valence-electron chi connectivity index (χ1n) is 7.11. The van der Waals surface area contributed by atoms with Crippen molar-refractivity contribution in [2.75, 3.05) is 6.61 Å². The summed E-state index contributed by atoms with van der Waals surface area (Å²) in [5.41, 5.74) is 3.15. The van der Waals surface area contributed by atoms with Crippen LogP contribution in [0, 0.1) is 11.3 Å². The highest BCUT2D eigenvalue weighted by Gasteiger charge is 2.23. The number of carbonyl (C=O) groups excluding carboxylic acids is 1. The minimum Gasteiger partial charge on any atom is -0.462 e. The van der Waals surface area contributed by atoms with Crippen LogP contribution in [0.4, 0.5) is 0 Å². The van der Waals surface area contributed by atoms with Crippen molar-refractivity contribution in [3.8, 4) is 6.07 Å². The van der Waals surface area contributed by atoms with Gasteiger partial charge in [0.05, 0.1) is 6.61 Å². The minimum absolute atomic E-state index is 0.119. The lowest BCUT2D eigenvalue weighted by atomic mass is 9.96. The van der Waals surface area contributed by atoms with E-state index < -0.39 is 5.97 Å². The molecule has 0 amide bonds. The Hall–Kier alpha value is -2.08. The summed E-state index contributed by atoms with van der Waals surface area (Å²) in [5, 5.41) is 9.23. The Labute approximate surface area is 119 Å². The van der Waals surface area contributed by atoms with Gasteiger partial charge in [-0.1, -0.05) is 31.2 Å². The van der Waals surface area contributed by atoms with E-state index in [9.17, 15) is 10.1 Å². The summed E-state index contributed by atoms with van der Waals surface area (Å²) in [4.78, 5) is 11.8. The minimum atomic E-state index is -0.530. The van der Waals surface area contributed by atoms with E-state index in [4.69, 9.17) is 4.74 Å². The molecule has 0 bridgehead atoms. The molecule has 0 radical (unpaired) electrons. The molecule has 1 aromatic carbocycles. The van der Waals surface area contributed by atoms with Crippen LogP contribution in [0.15, 0.2) is 29.8 Å². The summed E-state index contributed by atoms with van der Waals surface area (Å²) in [6.45, 7) is 3.96. The molecule has 1 saturated carbocycles. The van der Waals surface area contributed by atoms with Crippen LogP contribution in [0.1, 0.15) is 50.2 Å². The van der Waals surface area contributed by atoms with E-state index >= 15 is 0 Å². The summed E-state index contributed by atoms with van der Waals surface area (Å²) in [6.07, 6.45) is 3.16. The molecule has 1 aliphatic rings. The number of allylic oxidation sites excluding steroid dienone is 1. The fraction of sp³-hybridized carbons (Fsp3) is 0.412. The van der Waals surface area contributed by atoms with E-state index in [0.29, 0.717) is 12.3 Å². The molecule has 0 atom stereocenters. The smallest absolute Gasteiger partial charge is 0.349 e. The lowest BCUT2D eigenvalue weighted by Gasteiger charge is -2.09. The first kappa shape index (κ1) is 14.3. The average molecular weight is 269 g/mol. The van der Waals surface area contributed by atoms with Crippen LogP contribution >= 0.6 is 0 Å². The van der Waals surface area contributed by atoms with Crippen molar-refractivity contribution >= 4 is 11.5 Å². The van der Waals surface area contributed by atoms with Crippen LogP contribution in [-0.2, 0) is 9.53 Å². The van der Waals surface area contributed by atoms with E-state index in [1.807, 2.05) is 25.1 Å². The monoisotopic (exact) mass is 269 g/mol. The largest absolute Gasteiger partial charge is 0.462 e. The van der Waals surface area contributed by atoms with Crippen LogP contribution in [0.2, 0.25) is 0 Å². The maximum Gasteiger partial charge on any atom is 0.349 e. The van der Waals surface area contributed by atoms with Crippen LogP contribution in [0.5, 0.6) is 0 Å². The molecule has 1 aliphatic carbocycles. The van der Waals surface area contributed by atoms with E-state index in [0.717, 1.165) is 11.1 Å². The van der Waals surface area contributed by atoms with Crippen LogP contribution in [0.25, 0.3) is 5.57 Å². The van der Waals surface area contributed by atoms with Gasteiger partial charge in [0.2, 0.25) is 0 Å². The molecule has 0 saturated heterocycles. The zero-order valence-corrected chi connectivity index (χ0v) is 12.0. The van der Waals surface area contributed by atoms with Gasteiger partial charge in [0.15, 0.2) is 0 Å². The zero-order valence-electron chi connectivity index (χ0n) is 12.0. The molecule has 1 aromatic rings. The quantitative estimate of drug-likeness (QED) is 0.464. The first-order valence-corrected chi connectivity index (χ1v) is 7.11. The zero-order chi connectivity index (χ0) is 14.5. The second kappa shape index (κ2) is 6.38. The van der Waals surface area contributed by atoms with Crippen LogP contribution < -0.4 is 0 Å². The maximum atomic E-state index is 11.8. The standard InChI is InChI=1S/C17H19NO2/c1-3-15(16(11-18)17(19)20-4-2)14-9-7-13(8-10-14)12-5-6-12/h7-10,12H,3-6H2,1-2H3. The van der Waals surface area contributed by atoms with Crippen LogP contribution in [0.3, 0.4) is 0 Å². The lowest BCUT2D eigenvalue weighted by Crippen LogP contribution is -2.08. The summed E-state index contributed by atoms with van der Waals surface area (Å²) in [5.74, 6) is 0.178. The van der Waals surface area contributed by atoms with Crippen molar-refractivity contribution in [1.82, 2.24) is 0 Å². The molecule has 3 heteroatoms. The van der Waals surface area contributed by atoms with Gasteiger partial charge in [-0.2, -0.15) is 5.26 Å². The number of carbonyl (C=O) groups is 1. The molecule has 20 heavy (non-hydrogen) atoms. The lowest BCUT2D eigenvalue weighted by molar-refractivity contribution is -0.137. The Morgan fingerprint density at radius 3 is 2.40 bits per heavy atom. The highest BCUT2D eigenvalue weighted by atomic mass is 16.5. The van der Waals surface area contributed by atoms with Gasteiger partial charge in [0.25, 0.3) is 0 Å². The van der Waals surface area contributed by atoms with Gasteiger partial charge < -0.3 is 4.74 Å². The second-order valence-electron chi connectivity index (χ2n) is 4.94. The molecular weight excluding hydrogens is 250 g/mol. The highest BCUT2D eigenvalue weighted by Crippen LogP contribution is 2.40. The molecule has 0 aliphatic heterocycles. The number of rotatable bonds is 5. The number of hydrogen-bond acceptors (Lipinski definition) is 3. The summed E-state index contributed by atoms with van der Waals surface area (Å²) in [7, 11) is 0. The summed E-state index contributed by atoms with van der Waals surface area (Å²) >= 11 is 0. The van der Waals surface area contributed by atoms with E-state index in [1.165, 1.54) is 18.4 Å². The Bertz CT molecular complexity index is 560. The van der Waals surface area contributed by atoms with Crippen molar-refractivity contribution in [3.63, 3.8) is 0 Å². The Balaban J connectivity index is 2.33. The summed E-state index contributed by atoms with van der Waals surface area (Å²) < 4.78 is 4.95. The highest BCUT2D eigenvalue weighted by molar-refractivity contribution is 6.01. The predicted octanol–water partition coefficient (Wildman–Crippen LogP) is 3.81. The molecule has 0 spiro atoms. The number of benzene rings is 1. The van der Waals surface area contributed by atoms with E-state index in [2.05, 4.69) is 12.1 Å². The predicted molar refractivity (Wildman–Crippen MR) is 77.9 cm³/mol. The molecule has 3 nitrogen and oxygen atoms in total. The Morgan fingerprint density at radius 1 is 1.30 bits per heavy atom. The molecule has 0 N–H and O–H groups in total. The average Bonchev–Trinajstić information content (AvgIpc) is 3.29. The third-order valence-corrected chi connectivity index (χ3v) is 3.55. The van der Waals surface area contributed by atoms with Gasteiger partial charge in [0, 0.05) is 0 Å². The maximum absolute atomic E-state index is 11.8. The topological polar surface area (TPSA) is 50.1 Å². The van der Waals surface area contributed by atoms with Crippen molar-refractivity contribution in [1.29, 1.82) is 5.26 Å². The van der Waals surface area contributed by atoms with E-state index in [1.54, 1.807) is 6.92 Å². The third-order valence-electron chi connectivity index (χ3n) is 3.55. The molecule has 0 heterocycles. The SMILES string of the molecule is CCOC(=O)C(C#N)=C(CC)c1ccc(C2CC2)cc1. The molecule has 2 rings (SSSR count). The van der Waals surface area contributed by atoms with Crippen molar-refractivity contribution < 1.29 is 9.53 Å². The van der Waals surface area contributed by atoms with Gasteiger partial charge in [0.1, 0.15) is 11.6 Å². The van der Waals surface area contributed by atoms with Gasteiger partial charge in [-0.3, -0.25) is 0 Å². The second-order valence-corrected chi connectivity index (χ2v) is 4.94. The number of nitriles is 1. The van der Waals surface area contributed by atoms with Gasteiger partial charge in [-0.15, -0.1) is 0 Å². The van der Waals surface area contributed by atoms with Gasteiger partial charge in [-0.25, -0.2) is 4.79 Å². The van der Waals surface area contributed by atoms with Crippen LogP contribution in [-0.4, -0.2) is 12.6 Å².